The van der Waals surface area contributed by atoms with Crippen molar-refractivity contribution in [2.24, 2.45) is 0 Å². The first-order chi connectivity index (χ1) is 7.64. The van der Waals surface area contributed by atoms with Crippen LogP contribution < -0.4 is 10.5 Å². The van der Waals surface area contributed by atoms with Crippen LogP contribution in [0.4, 0.5) is 19.0 Å². The molecule has 17 heavy (non-hydrogen) atoms. The van der Waals surface area contributed by atoms with E-state index in [1.54, 1.807) is 13.8 Å². The van der Waals surface area contributed by atoms with Crippen molar-refractivity contribution >= 4 is 5.82 Å². The number of anilines is 1. The van der Waals surface area contributed by atoms with E-state index < -0.39 is 17.6 Å². The molecule has 0 amide bonds. The van der Waals surface area contributed by atoms with Crippen molar-refractivity contribution in [2.75, 3.05) is 5.73 Å². The number of hydrogen-bond donors (Lipinski definition) is 1. The van der Waals surface area contributed by atoms with Gasteiger partial charge in [-0.1, -0.05) is 6.92 Å². The number of halogens is 3. The van der Waals surface area contributed by atoms with Gasteiger partial charge in [-0.15, -0.1) is 0 Å². The molecule has 2 N–H and O–H groups in total. The highest BCUT2D eigenvalue weighted by Gasteiger charge is 2.36. The van der Waals surface area contributed by atoms with E-state index in [9.17, 15) is 13.2 Å². The summed E-state index contributed by atoms with van der Waals surface area (Å²) in [6, 6.07) is 1.17. The second-order valence-corrected chi connectivity index (χ2v) is 4.17. The Morgan fingerprint density at radius 3 is 2.35 bits per heavy atom. The van der Waals surface area contributed by atoms with Gasteiger partial charge in [-0.05, 0) is 20.3 Å². The highest BCUT2D eigenvalue weighted by Crippen LogP contribution is 2.29. The number of nitrogens with zero attached hydrogens (tertiary/aromatic N) is 2. The van der Waals surface area contributed by atoms with Gasteiger partial charge < -0.3 is 10.5 Å². The summed E-state index contributed by atoms with van der Waals surface area (Å²) in [6.07, 6.45) is -4.01. The monoisotopic (exact) mass is 249 g/mol. The molecule has 1 aromatic heterocycles. The number of nitrogen functional groups attached to an aromatic ring is 1. The zero-order chi connectivity index (χ0) is 13.3. The average Bonchev–Trinajstić information content (AvgIpc) is 2.14. The maximum atomic E-state index is 12.4. The third-order valence-corrected chi connectivity index (χ3v) is 2.21. The summed E-state index contributed by atoms with van der Waals surface area (Å²) in [5, 5.41) is 0. The molecule has 96 valence electrons. The molecule has 0 atom stereocenters. The van der Waals surface area contributed by atoms with E-state index in [1.165, 1.54) is 6.07 Å². The maximum Gasteiger partial charge on any atom is 0.451 e. The molecule has 1 aromatic rings. The van der Waals surface area contributed by atoms with Gasteiger partial charge in [0.05, 0.1) is 0 Å². The lowest BCUT2D eigenvalue weighted by Gasteiger charge is -2.24. The van der Waals surface area contributed by atoms with Crippen molar-refractivity contribution in [3.8, 4) is 5.88 Å². The van der Waals surface area contributed by atoms with Crippen LogP contribution in [-0.2, 0) is 6.18 Å². The van der Waals surface area contributed by atoms with E-state index in [2.05, 4.69) is 9.97 Å². The fraction of sp³-hybridized carbons (Fsp3) is 0.600. The maximum absolute atomic E-state index is 12.4. The van der Waals surface area contributed by atoms with E-state index in [0.29, 0.717) is 6.42 Å². The summed E-state index contributed by atoms with van der Waals surface area (Å²) in [7, 11) is 0. The Morgan fingerprint density at radius 1 is 1.29 bits per heavy atom. The van der Waals surface area contributed by atoms with E-state index in [1.807, 2.05) is 6.92 Å². The first-order valence-electron chi connectivity index (χ1n) is 5.05. The molecule has 1 heterocycles. The summed E-state index contributed by atoms with van der Waals surface area (Å²) in [5.41, 5.74) is 4.68. The Morgan fingerprint density at radius 2 is 1.88 bits per heavy atom. The van der Waals surface area contributed by atoms with Crippen molar-refractivity contribution in [1.29, 1.82) is 0 Å². The SMILES string of the molecule is CCC(C)(C)Oc1cc(N)nc(C(F)(F)F)n1. The quantitative estimate of drug-likeness (QED) is 0.894. The lowest BCUT2D eigenvalue weighted by Crippen LogP contribution is -2.28. The molecule has 0 aliphatic heterocycles. The Balaban J connectivity index is 3.06. The second kappa shape index (κ2) is 4.38. The highest BCUT2D eigenvalue weighted by molar-refractivity contribution is 5.33. The number of rotatable bonds is 3. The molecule has 4 nitrogen and oxygen atoms in total. The topological polar surface area (TPSA) is 61.0 Å². The molecule has 0 fully saturated rings. The summed E-state index contributed by atoms with van der Waals surface area (Å²) in [6.45, 7) is 5.35. The molecule has 0 spiro atoms. The molecule has 0 unspecified atom stereocenters. The molecule has 0 aliphatic carbocycles. The van der Waals surface area contributed by atoms with E-state index >= 15 is 0 Å². The zero-order valence-corrected chi connectivity index (χ0v) is 9.80. The lowest BCUT2D eigenvalue weighted by atomic mass is 10.1. The molecule has 0 saturated carbocycles. The van der Waals surface area contributed by atoms with Crippen LogP contribution in [0.25, 0.3) is 0 Å². The van der Waals surface area contributed by atoms with Gasteiger partial charge in [0.2, 0.25) is 11.7 Å². The first-order valence-corrected chi connectivity index (χ1v) is 5.05. The smallest absolute Gasteiger partial charge is 0.451 e. The minimum atomic E-state index is -4.64. The van der Waals surface area contributed by atoms with Crippen LogP contribution in [0.3, 0.4) is 0 Å². The molecular weight excluding hydrogens is 235 g/mol. The number of aromatic nitrogens is 2. The molecular formula is C10H14F3N3O. The van der Waals surface area contributed by atoms with Gasteiger partial charge in [-0.3, -0.25) is 0 Å². The van der Waals surface area contributed by atoms with Crippen molar-refractivity contribution in [3.05, 3.63) is 11.9 Å². The third-order valence-electron chi connectivity index (χ3n) is 2.21. The minimum Gasteiger partial charge on any atom is -0.472 e. The standard InChI is InChI=1S/C10H14F3N3O/c1-4-9(2,3)17-7-5-6(14)15-8(16-7)10(11,12)13/h5H,4H2,1-3H3,(H2,14,15,16). The molecule has 0 aliphatic rings. The second-order valence-electron chi connectivity index (χ2n) is 4.17. The molecule has 0 bridgehead atoms. The van der Waals surface area contributed by atoms with Gasteiger partial charge in [0.15, 0.2) is 0 Å². The first kappa shape index (κ1) is 13.5. The number of ether oxygens (including phenoxy) is 1. The van der Waals surface area contributed by atoms with Gasteiger partial charge in [0.1, 0.15) is 11.4 Å². The molecule has 0 aromatic carbocycles. The third kappa shape index (κ3) is 3.76. The summed E-state index contributed by atoms with van der Waals surface area (Å²) in [4.78, 5) is 6.42. The van der Waals surface area contributed by atoms with Crippen LogP contribution in [0, 0.1) is 0 Å². The lowest BCUT2D eigenvalue weighted by molar-refractivity contribution is -0.145. The Hall–Kier alpha value is -1.53. The fourth-order valence-electron chi connectivity index (χ4n) is 0.977. The van der Waals surface area contributed by atoms with Gasteiger partial charge in [-0.25, -0.2) is 4.98 Å². The number of alkyl halides is 3. The van der Waals surface area contributed by atoms with Gasteiger partial charge >= 0.3 is 6.18 Å². The Kier molecular flexibility index (Phi) is 3.49. The fourth-order valence-corrected chi connectivity index (χ4v) is 0.977. The largest absolute Gasteiger partial charge is 0.472 e. The molecule has 0 saturated heterocycles. The molecule has 0 radical (unpaired) electrons. The normalized spacial score (nSPS) is 12.6. The minimum absolute atomic E-state index is 0.170. The summed E-state index contributed by atoms with van der Waals surface area (Å²) < 4.78 is 42.6. The molecule has 7 heteroatoms. The summed E-state index contributed by atoms with van der Waals surface area (Å²) in [5.74, 6) is -1.73. The van der Waals surface area contributed by atoms with Crippen LogP contribution in [0.5, 0.6) is 5.88 Å². The van der Waals surface area contributed by atoms with Crippen molar-refractivity contribution in [3.63, 3.8) is 0 Å². The summed E-state index contributed by atoms with van der Waals surface area (Å²) >= 11 is 0. The average molecular weight is 249 g/mol. The van der Waals surface area contributed by atoms with Crippen LogP contribution >= 0.6 is 0 Å². The van der Waals surface area contributed by atoms with E-state index in [0.717, 1.165) is 0 Å². The number of hydrogen-bond acceptors (Lipinski definition) is 4. The van der Waals surface area contributed by atoms with Gasteiger partial charge in [0.25, 0.3) is 0 Å². The van der Waals surface area contributed by atoms with Crippen molar-refractivity contribution in [1.82, 2.24) is 9.97 Å². The van der Waals surface area contributed by atoms with Crippen molar-refractivity contribution in [2.45, 2.75) is 39.0 Å². The van der Waals surface area contributed by atoms with E-state index in [4.69, 9.17) is 10.5 Å². The van der Waals surface area contributed by atoms with Crippen LogP contribution in [0.1, 0.15) is 33.0 Å². The predicted molar refractivity (Wildman–Crippen MR) is 56.4 cm³/mol. The highest BCUT2D eigenvalue weighted by atomic mass is 19.4. The van der Waals surface area contributed by atoms with E-state index in [-0.39, 0.29) is 11.7 Å². The Bertz CT molecular complexity index is 404. The van der Waals surface area contributed by atoms with Gasteiger partial charge in [0, 0.05) is 6.07 Å². The van der Waals surface area contributed by atoms with Crippen molar-refractivity contribution < 1.29 is 17.9 Å². The predicted octanol–water partition coefficient (Wildman–Crippen LogP) is 2.65. The van der Waals surface area contributed by atoms with Gasteiger partial charge in [-0.2, -0.15) is 18.2 Å². The number of nitrogens with two attached hydrogens (primary N) is 1. The zero-order valence-electron chi connectivity index (χ0n) is 9.80. The molecule has 1 rings (SSSR count). The Labute approximate surface area is 97.0 Å². The van der Waals surface area contributed by atoms with Crippen LogP contribution in [0.15, 0.2) is 6.07 Å². The van der Waals surface area contributed by atoms with Crippen LogP contribution in [0.2, 0.25) is 0 Å². The van der Waals surface area contributed by atoms with Crippen LogP contribution in [-0.4, -0.2) is 15.6 Å².